The molecule has 0 N–H and O–H groups in total. The van der Waals surface area contributed by atoms with Gasteiger partial charge in [-0.2, -0.15) is 0 Å². The van der Waals surface area contributed by atoms with Crippen molar-refractivity contribution in [1.82, 2.24) is 0 Å². The van der Waals surface area contributed by atoms with Gasteiger partial charge in [-0.05, 0) is 0 Å². The Morgan fingerprint density at radius 3 is 2.58 bits per heavy atom. The Hall–Kier alpha value is -0.600. The Morgan fingerprint density at radius 2 is 1.96 bits per heavy atom. The number of esters is 1. The molecular formula is C19H24Cl2O4Te. The van der Waals surface area contributed by atoms with Crippen molar-refractivity contribution in [3.8, 4) is 5.75 Å². The third-order valence-corrected chi connectivity index (χ3v) is 16.7. The minimum atomic E-state index is -3.46. The van der Waals surface area contributed by atoms with Gasteiger partial charge >= 0.3 is 167 Å². The first kappa shape index (κ1) is 20.1. The number of allylic oxidation sites excluding steroid dienone is 1. The van der Waals surface area contributed by atoms with Crippen LogP contribution in [0.1, 0.15) is 33.1 Å². The number of fused-ring (bicyclic) bond motifs is 1. The van der Waals surface area contributed by atoms with Crippen LogP contribution in [0.4, 0.5) is 0 Å². The summed E-state index contributed by atoms with van der Waals surface area (Å²) in [4.78, 5) is 12.4. The van der Waals surface area contributed by atoms with Crippen LogP contribution in [0.15, 0.2) is 35.6 Å². The molecule has 1 aromatic carbocycles. The van der Waals surface area contributed by atoms with Gasteiger partial charge in [0.2, 0.25) is 0 Å². The molecule has 0 radical (unpaired) electrons. The van der Waals surface area contributed by atoms with Crippen LogP contribution < -0.4 is 8.35 Å². The average Bonchev–Trinajstić information content (AvgIpc) is 2.97. The van der Waals surface area contributed by atoms with Crippen LogP contribution in [0.5, 0.6) is 5.75 Å². The maximum atomic E-state index is 12.4. The van der Waals surface area contributed by atoms with Gasteiger partial charge in [0.25, 0.3) is 0 Å². The molecule has 1 fully saturated rings. The van der Waals surface area contributed by atoms with Gasteiger partial charge in [0, 0.05) is 0 Å². The van der Waals surface area contributed by atoms with Crippen LogP contribution in [-0.4, -0.2) is 41.7 Å². The molecule has 0 spiro atoms. The molecule has 7 heteroatoms. The van der Waals surface area contributed by atoms with Crippen LogP contribution in [0, 0.1) is 5.92 Å². The van der Waals surface area contributed by atoms with Gasteiger partial charge in [-0.1, -0.05) is 0 Å². The van der Waals surface area contributed by atoms with Crippen molar-refractivity contribution in [2.45, 2.75) is 43.2 Å². The van der Waals surface area contributed by atoms with Crippen molar-refractivity contribution in [3.05, 3.63) is 35.6 Å². The van der Waals surface area contributed by atoms with Crippen LogP contribution in [0.2, 0.25) is 3.97 Å². The van der Waals surface area contributed by atoms with E-state index in [2.05, 4.69) is 0 Å². The van der Waals surface area contributed by atoms with Gasteiger partial charge in [0.1, 0.15) is 0 Å². The number of ether oxygens (including phenoxy) is 3. The van der Waals surface area contributed by atoms with E-state index in [4.69, 9.17) is 32.1 Å². The zero-order chi connectivity index (χ0) is 18.9. The van der Waals surface area contributed by atoms with Gasteiger partial charge in [0.15, 0.2) is 0 Å². The van der Waals surface area contributed by atoms with E-state index < -0.39 is 15.9 Å². The summed E-state index contributed by atoms with van der Waals surface area (Å²) in [6.07, 6.45) is 2.67. The molecule has 0 aromatic heterocycles. The van der Waals surface area contributed by atoms with Crippen LogP contribution >= 0.6 is 17.9 Å². The number of carbonyl (C=O) groups excluding carboxylic acids is 1. The zero-order valence-corrected chi connectivity index (χ0v) is 19.0. The number of carbonyl (C=O) groups is 1. The third kappa shape index (κ3) is 3.69. The molecule has 2 aliphatic rings. The number of hydrogen-bond acceptors (Lipinski definition) is 4. The van der Waals surface area contributed by atoms with Crippen LogP contribution in [0.3, 0.4) is 0 Å². The van der Waals surface area contributed by atoms with E-state index in [0.29, 0.717) is 17.9 Å². The molecule has 1 saturated carbocycles. The molecule has 3 rings (SSSR count). The molecule has 0 bridgehead atoms. The fourth-order valence-electron chi connectivity index (χ4n) is 3.87. The molecule has 0 amide bonds. The number of hydrogen-bond donors (Lipinski definition) is 0. The molecule has 0 saturated heterocycles. The number of methoxy groups -OCH3 is 1. The monoisotopic (exact) mass is 516 g/mol. The Balaban J connectivity index is 1.86. The normalized spacial score (nSPS) is 26.1. The molecule has 1 aliphatic carbocycles. The number of rotatable bonds is 5. The summed E-state index contributed by atoms with van der Waals surface area (Å²) in [6.45, 7) is 4.01. The summed E-state index contributed by atoms with van der Waals surface area (Å²) in [5.74, 6) is 1.19. The number of benzene rings is 1. The first-order valence-electron chi connectivity index (χ1n) is 8.80. The van der Waals surface area contributed by atoms with Gasteiger partial charge in [-0.3, -0.25) is 0 Å². The Bertz CT molecular complexity index is 702. The molecular weight excluding hydrogens is 491 g/mol. The molecule has 1 aliphatic heterocycles. The van der Waals surface area contributed by atoms with Gasteiger partial charge < -0.3 is 0 Å². The first-order valence-corrected chi connectivity index (χ1v) is 17.2. The van der Waals surface area contributed by atoms with E-state index in [1.165, 1.54) is 0 Å². The summed E-state index contributed by atoms with van der Waals surface area (Å²) in [6, 6.07) is 7.71. The molecule has 0 unspecified atom stereocenters. The molecule has 3 atom stereocenters. The second-order valence-corrected chi connectivity index (χ2v) is 20.1. The van der Waals surface area contributed by atoms with Crippen LogP contribution in [-0.2, 0) is 14.3 Å². The fraction of sp³-hybridized carbons (Fsp3) is 0.526. The fourth-order valence-corrected chi connectivity index (χ4v) is 13.2. The maximum absolute atomic E-state index is 12.4. The molecule has 26 heavy (non-hydrogen) atoms. The van der Waals surface area contributed by atoms with Crippen molar-refractivity contribution in [3.63, 3.8) is 0 Å². The molecule has 144 valence electrons. The van der Waals surface area contributed by atoms with E-state index >= 15 is 0 Å². The number of halogens is 2. The predicted molar refractivity (Wildman–Crippen MR) is 105 cm³/mol. The van der Waals surface area contributed by atoms with E-state index in [1.54, 1.807) is 7.11 Å². The minimum absolute atomic E-state index is 0.0224. The van der Waals surface area contributed by atoms with Crippen LogP contribution in [0.25, 0.3) is 0 Å². The van der Waals surface area contributed by atoms with Crippen molar-refractivity contribution in [2.75, 3.05) is 13.7 Å². The van der Waals surface area contributed by atoms with Crippen molar-refractivity contribution < 1.29 is 19.0 Å². The molecule has 1 heterocycles. The van der Waals surface area contributed by atoms with Crippen molar-refractivity contribution in [2.24, 2.45) is 5.92 Å². The SMILES string of the molecule is CCOC(=O)C1=C(C)O[C@H]2[C@H]([Te](Cl)(Cl)c3ccc(OC)cc3)CCC[C@@H]12. The van der Waals surface area contributed by atoms with Gasteiger partial charge in [-0.25, -0.2) is 0 Å². The second kappa shape index (κ2) is 8.19. The summed E-state index contributed by atoms with van der Waals surface area (Å²) in [5, 5.41) is 0. The average molecular weight is 515 g/mol. The Morgan fingerprint density at radius 1 is 1.27 bits per heavy atom. The third-order valence-electron chi connectivity index (χ3n) is 5.08. The van der Waals surface area contributed by atoms with Crippen molar-refractivity contribution >= 4 is 43.4 Å². The topological polar surface area (TPSA) is 44.8 Å². The standard InChI is InChI=1S/C19H24Cl2O4Te/c1-4-24-19(22)17-12(2)25-18-15(17)6-5-7-16(18)26(20,21)14-10-8-13(23-3)9-11-14/h8-11,15-16,18H,4-7H2,1-3H3/t15-,16+,18+/m0/s1. The quantitative estimate of drug-likeness (QED) is 0.436. The summed E-state index contributed by atoms with van der Waals surface area (Å²) < 4.78 is 17.7. The Kier molecular flexibility index (Phi) is 6.34. The van der Waals surface area contributed by atoms with E-state index in [-0.39, 0.29) is 22.0 Å². The van der Waals surface area contributed by atoms with Crippen molar-refractivity contribution in [1.29, 1.82) is 0 Å². The summed E-state index contributed by atoms with van der Waals surface area (Å²) >= 11 is -3.46. The van der Waals surface area contributed by atoms with Gasteiger partial charge in [0.05, 0.1) is 0 Å². The van der Waals surface area contributed by atoms with E-state index in [9.17, 15) is 4.79 Å². The molecule has 4 nitrogen and oxygen atoms in total. The predicted octanol–water partition coefficient (Wildman–Crippen LogP) is 4.23. The van der Waals surface area contributed by atoms with E-state index in [1.807, 2.05) is 38.1 Å². The first-order chi connectivity index (χ1) is 12.4. The molecule has 1 aromatic rings. The summed E-state index contributed by atoms with van der Waals surface area (Å²) in [7, 11) is 15.7. The van der Waals surface area contributed by atoms with Gasteiger partial charge in [-0.15, -0.1) is 0 Å². The Labute approximate surface area is 166 Å². The van der Waals surface area contributed by atoms with E-state index in [0.717, 1.165) is 28.6 Å². The summed E-state index contributed by atoms with van der Waals surface area (Å²) in [5.41, 5.74) is 0.670. The second-order valence-electron chi connectivity index (χ2n) is 6.53. The zero-order valence-electron chi connectivity index (χ0n) is 15.2.